The zero-order valence-corrected chi connectivity index (χ0v) is 12.3. The van der Waals surface area contributed by atoms with Crippen LogP contribution in [0.5, 0.6) is 0 Å². The van der Waals surface area contributed by atoms with E-state index in [0.29, 0.717) is 0 Å². The summed E-state index contributed by atoms with van der Waals surface area (Å²) in [4.78, 5) is 0. The van der Waals surface area contributed by atoms with E-state index in [4.69, 9.17) is 0 Å². The second-order valence-corrected chi connectivity index (χ2v) is 9.45. The summed E-state index contributed by atoms with van der Waals surface area (Å²) >= 11 is 0. The molecule has 0 aromatic heterocycles. The van der Waals surface area contributed by atoms with Crippen molar-refractivity contribution >= 4 is 19.9 Å². The molecule has 1 rings (SSSR count). The van der Waals surface area contributed by atoms with Crippen LogP contribution >= 0.6 is 0 Å². The molecule has 3 heteroatoms. The van der Waals surface area contributed by atoms with Crippen molar-refractivity contribution in [3.63, 3.8) is 0 Å². The highest BCUT2D eigenvalue weighted by molar-refractivity contribution is 6.44. The van der Waals surface area contributed by atoms with E-state index < -0.39 is 0 Å². The number of hydrogen-bond donors (Lipinski definition) is 0. The summed E-state index contributed by atoms with van der Waals surface area (Å²) in [6.07, 6.45) is 5.96. The third-order valence-corrected chi connectivity index (χ3v) is 6.49. The summed E-state index contributed by atoms with van der Waals surface area (Å²) in [5, 5.41) is 0. The second kappa shape index (κ2) is 5.19. The standard InChI is InChI=1S/C9H23NSi2/c1-8(2)10(12-7-11)9-5-3-4-6-9/h8-9H,3-7,12H2,1-2,11H3. The van der Waals surface area contributed by atoms with Crippen molar-refractivity contribution in [3.05, 3.63) is 0 Å². The van der Waals surface area contributed by atoms with Crippen molar-refractivity contribution in [1.29, 1.82) is 0 Å². The predicted octanol–water partition coefficient (Wildman–Crippen LogP) is 0.464. The molecule has 1 aliphatic rings. The van der Waals surface area contributed by atoms with Crippen LogP contribution in [0, 0.1) is 0 Å². The van der Waals surface area contributed by atoms with E-state index in [1.54, 1.807) is 5.67 Å². The van der Waals surface area contributed by atoms with Crippen molar-refractivity contribution in [1.82, 2.24) is 4.57 Å². The molecule has 0 aromatic carbocycles. The lowest BCUT2D eigenvalue weighted by Gasteiger charge is -2.32. The SMILES string of the molecule is CC(C)N([SiH2]C[SiH3])C1CCCC1. The van der Waals surface area contributed by atoms with Gasteiger partial charge in [-0.25, -0.2) is 0 Å². The molecule has 0 heterocycles. The smallest absolute Gasteiger partial charge is 0.0923 e. The first-order valence-electron chi connectivity index (χ1n) is 5.51. The molecule has 0 bridgehead atoms. The van der Waals surface area contributed by atoms with Crippen LogP contribution in [-0.2, 0) is 0 Å². The van der Waals surface area contributed by atoms with Crippen LogP contribution in [0.15, 0.2) is 0 Å². The van der Waals surface area contributed by atoms with Gasteiger partial charge in [0.25, 0.3) is 0 Å². The Morgan fingerprint density at radius 1 is 1.42 bits per heavy atom. The first kappa shape index (κ1) is 10.5. The Hall–Kier alpha value is 0.394. The largest absolute Gasteiger partial charge is 0.325 e. The molecule has 0 amide bonds. The molecule has 0 N–H and O–H groups in total. The van der Waals surface area contributed by atoms with Gasteiger partial charge in [-0.2, -0.15) is 0 Å². The second-order valence-electron chi connectivity index (χ2n) is 4.27. The van der Waals surface area contributed by atoms with Gasteiger partial charge in [-0.05, 0) is 18.9 Å². The summed E-state index contributed by atoms with van der Waals surface area (Å²) in [6, 6.07) is 1.82. The topological polar surface area (TPSA) is 3.24 Å². The highest BCUT2D eigenvalue weighted by atomic mass is 28.3. The van der Waals surface area contributed by atoms with E-state index in [9.17, 15) is 0 Å². The van der Waals surface area contributed by atoms with Gasteiger partial charge in [0.1, 0.15) is 0 Å². The van der Waals surface area contributed by atoms with Crippen LogP contribution in [0.1, 0.15) is 39.5 Å². The Labute approximate surface area is 82.2 Å². The fraction of sp³-hybridized carbons (Fsp3) is 1.00. The van der Waals surface area contributed by atoms with Crippen LogP contribution in [0.3, 0.4) is 0 Å². The predicted molar refractivity (Wildman–Crippen MR) is 62.5 cm³/mol. The van der Waals surface area contributed by atoms with E-state index in [2.05, 4.69) is 18.4 Å². The van der Waals surface area contributed by atoms with Crippen LogP contribution in [-0.4, -0.2) is 36.6 Å². The Bertz CT molecular complexity index is 122. The maximum Gasteiger partial charge on any atom is 0.0923 e. The maximum atomic E-state index is 2.86. The molecule has 0 aliphatic heterocycles. The molecule has 0 atom stereocenters. The van der Waals surface area contributed by atoms with Gasteiger partial charge < -0.3 is 4.57 Å². The van der Waals surface area contributed by atoms with Gasteiger partial charge in [0.2, 0.25) is 0 Å². The van der Waals surface area contributed by atoms with Crippen LogP contribution in [0.25, 0.3) is 0 Å². The average molecular weight is 201 g/mol. The molecule has 1 fully saturated rings. The van der Waals surface area contributed by atoms with E-state index in [-0.39, 0.29) is 9.68 Å². The maximum absolute atomic E-state index is 2.86. The summed E-state index contributed by atoms with van der Waals surface area (Å²) in [7, 11) is 1.58. The third kappa shape index (κ3) is 2.71. The zero-order valence-electron chi connectivity index (χ0n) is 8.84. The van der Waals surface area contributed by atoms with Gasteiger partial charge in [-0.3, -0.25) is 0 Å². The molecule has 0 aromatic rings. The molecule has 12 heavy (non-hydrogen) atoms. The minimum absolute atomic E-state index is 0.154. The number of nitrogens with zero attached hydrogens (tertiary/aromatic N) is 1. The minimum Gasteiger partial charge on any atom is -0.325 e. The van der Waals surface area contributed by atoms with Gasteiger partial charge in [0.05, 0.1) is 9.68 Å². The Morgan fingerprint density at radius 2 is 2.00 bits per heavy atom. The van der Waals surface area contributed by atoms with Gasteiger partial charge >= 0.3 is 0 Å². The molecule has 72 valence electrons. The Morgan fingerprint density at radius 3 is 2.42 bits per heavy atom. The van der Waals surface area contributed by atoms with Crippen LogP contribution < -0.4 is 0 Å². The number of rotatable bonds is 4. The average Bonchev–Trinajstić information content (AvgIpc) is 2.51. The van der Waals surface area contributed by atoms with Gasteiger partial charge in [-0.1, -0.05) is 32.4 Å². The molecule has 1 saturated carbocycles. The molecule has 1 nitrogen and oxygen atoms in total. The van der Waals surface area contributed by atoms with Crippen LogP contribution in [0.4, 0.5) is 0 Å². The fourth-order valence-corrected chi connectivity index (χ4v) is 5.67. The summed E-state index contributed by atoms with van der Waals surface area (Å²) in [5.74, 6) is 0. The van der Waals surface area contributed by atoms with Crippen LogP contribution in [0.2, 0.25) is 5.67 Å². The van der Waals surface area contributed by atoms with Crippen molar-refractivity contribution in [2.24, 2.45) is 0 Å². The highest BCUT2D eigenvalue weighted by Crippen LogP contribution is 2.24. The van der Waals surface area contributed by atoms with Gasteiger partial charge in [0.15, 0.2) is 0 Å². The zero-order chi connectivity index (χ0) is 8.97. The lowest BCUT2D eigenvalue weighted by atomic mass is 10.2. The first-order chi connectivity index (χ1) is 5.75. The summed E-state index contributed by atoms with van der Waals surface area (Å²) in [6.45, 7) is 4.76. The monoisotopic (exact) mass is 201 g/mol. The molecule has 0 spiro atoms. The van der Waals surface area contributed by atoms with Crippen molar-refractivity contribution in [2.75, 3.05) is 0 Å². The minimum atomic E-state index is 0.154. The summed E-state index contributed by atoms with van der Waals surface area (Å²) < 4.78 is 2.86. The van der Waals surface area contributed by atoms with Crippen molar-refractivity contribution in [2.45, 2.75) is 57.3 Å². The summed E-state index contributed by atoms with van der Waals surface area (Å²) in [5.41, 5.74) is 1.58. The quantitative estimate of drug-likeness (QED) is 0.598. The molecular formula is C9H23NSi2. The lowest BCUT2D eigenvalue weighted by molar-refractivity contribution is 0.283. The van der Waals surface area contributed by atoms with Gasteiger partial charge in [-0.15, -0.1) is 0 Å². The molecular weight excluding hydrogens is 178 g/mol. The van der Waals surface area contributed by atoms with Crippen molar-refractivity contribution in [3.8, 4) is 0 Å². The normalized spacial score (nSPS) is 21.0. The Kier molecular flexibility index (Phi) is 4.53. The third-order valence-electron chi connectivity index (χ3n) is 2.94. The Balaban J connectivity index is 2.40. The molecule has 1 aliphatic carbocycles. The van der Waals surface area contributed by atoms with E-state index in [0.717, 1.165) is 12.1 Å². The van der Waals surface area contributed by atoms with Crippen molar-refractivity contribution < 1.29 is 0 Å². The first-order valence-corrected chi connectivity index (χ1v) is 8.56. The highest BCUT2D eigenvalue weighted by Gasteiger charge is 2.23. The van der Waals surface area contributed by atoms with E-state index in [1.807, 2.05) is 0 Å². The molecule has 0 unspecified atom stereocenters. The fourth-order valence-electron chi connectivity index (χ4n) is 2.36. The van der Waals surface area contributed by atoms with Gasteiger partial charge in [0, 0.05) is 16.3 Å². The molecule has 0 saturated heterocycles. The van der Waals surface area contributed by atoms with E-state index in [1.165, 1.54) is 35.9 Å². The molecule has 0 radical (unpaired) electrons. The number of hydrogen-bond acceptors (Lipinski definition) is 1. The lowest BCUT2D eigenvalue weighted by Crippen LogP contribution is -2.41. The van der Waals surface area contributed by atoms with E-state index >= 15 is 0 Å².